The number of halogens is 1. The minimum atomic E-state index is -0.253. The van der Waals surface area contributed by atoms with Gasteiger partial charge in [0.1, 0.15) is 6.67 Å². The van der Waals surface area contributed by atoms with Gasteiger partial charge in [-0.1, -0.05) is 6.08 Å². The van der Waals surface area contributed by atoms with Crippen LogP contribution in [0.5, 0.6) is 0 Å². The van der Waals surface area contributed by atoms with Crippen molar-refractivity contribution in [3.63, 3.8) is 0 Å². The zero-order valence-electron chi connectivity index (χ0n) is 4.15. The van der Waals surface area contributed by atoms with Gasteiger partial charge in [-0.05, 0) is 24.8 Å². The van der Waals surface area contributed by atoms with E-state index in [4.69, 9.17) is 0 Å². The van der Waals surface area contributed by atoms with Crippen LogP contribution in [0.25, 0.3) is 0 Å². The van der Waals surface area contributed by atoms with Crippen LogP contribution in [0, 0.1) is 6.42 Å². The molecule has 0 unspecified atom stereocenters. The van der Waals surface area contributed by atoms with E-state index in [1.807, 2.05) is 6.08 Å². The highest BCUT2D eigenvalue weighted by molar-refractivity contribution is 5.13. The minimum Gasteiger partial charge on any atom is -0.246 e. The highest BCUT2D eigenvalue weighted by Gasteiger charge is 2.01. The SMILES string of the molecule is FCC1=CC[CH]C1. The van der Waals surface area contributed by atoms with Gasteiger partial charge in [-0.3, -0.25) is 0 Å². The summed E-state index contributed by atoms with van der Waals surface area (Å²) in [5, 5.41) is 0. The Morgan fingerprint density at radius 1 is 1.71 bits per heavy atom. The Morgan fingerprint density at radius 2 is 2.57 bits per heavy atom. The highest BCUT2D eigenvalue weighted by Crippen LogP contribution is 2.15. The van der Waals surface area contributed by atoms with E-state index in [9.17, 15) is 4.39 Å². The van der Waals surface area contributed by atoms with Crippen LogP contribution in [-0.2, 0) is 0 Å². The molecule has 0 saturated heterocycles. The van der Waals surface area contributed by atoms with Crippen molar-refractivity contribution in [1.29, 1.82) is 0 Å². The molecule has 0 aromatic rings. The fraction of sp³-hybridized carbons (Fsp3) is 0.500. The molecule has 0 aromatic heterocycles. The topological polar surface area (TPSA) is 0 Å². The molecule has 1 radical (unpaired) electrons. The molecule has 0 fully saturated rings. The molecule has 0 atom stereocenters. The van der Waals surface area contributed by atoms with Crippen LogP contribution in [0.3, 0.4) is 0 Å². The smallest absolute Gasteiger partial charge is 0.111 e. The molecular weight excluding hydrogens is 91.1 g/mol. The summed E-state index contributed by atoms with van der Waals surface area (Å²) in [6.07, 6.45) is 5.87. The van der Waals surface area contributed by atoms with Gasteiger partial charge in [0.05, 0.1) is 0 Å². The van der Waals surface area contributed by atoms with E-state index in [2.05, 4.69) is 6.42 Å². The van der Waals surface area contributed by atoms with Crippen LogP contribution in [0.4, 0.5) is 4.39 Å². The van der Waals surface area contributed by atoms with Gasteiger partial charge in [0, 0.05) is 0 Å². The third-order valence-electron chi connectivity index (χ3n) is 1.15. The largest absolute Gasteiger partial charge is 0.246 e. The van der Waals surface area contributed by atoms with E-state index < -0.39 is 0 Å². The number of allylic oxidation sites excluding steroid dienone is 2. The Labute approximate surface area is 43.0 Å². The molecule has 0 bridgehead atoms. The average molecular weight is 99.1 g/mol. The molecule has 0 spiro atoms. The quantitative estimate of drug-likeness (QED) is 0.440. The molecule has 0 aliphatic heterocycles. The number of hydrogen-bond donors (Lipinski definition) is 0. The van der Waals surface area contributed by atoms with Crippen LogP contribution in [0.1, 0.15) is 12.8 Å². The molecule has 1 heteroatoms. The van der Waals surface area contributed by atoms with Gasteiger partial charge in [-0.25, -0.2) is 4.39 Å². The maximum atomic E-state index is 11.6. The van der Waals surface area contributed by atoms with E-state index in [0.717, 1.165) is 18.4 Å². The number of hydrogen-bond acceptors (Lipinski definition) is 0. The van der Waals surface area contributed by atoms with Crippen molar-refractivity contribution < 1.29 is 4.39 Å². The van der Waals surface area contributed by atoms with Gasteiger partial charge in [0.25, 0.3) is 0 Å². The zero-order valence-corrected chi connectivity index (χ0v) is 4.15. The average Bonchev–Trinajstić information content (AvgIpc) is 2.14. The van der Waals surface area contributed by atoms with Crippen molar-refractivity contribution in [1.82, 2.24) is 0 Å². The van der Waals surface area contributed by atoms with Crippen molar-refractivity contribution in [3.05, 3.63) is 18.1 Å². The van der Waals surface area contributed by atoms with Crippen LogP contribution >= 0.6 is 0 Å². The Bertz CT molecular complexity index is 84.2. The molecule has 1 aliphatic carbocycles. The maximum absolute atomic E-state index is 11.6. The van der Waals surface area contributed by atoms with E-state index in [1.54, 1.807) is 0 Å². The van der Waals surface area contributed by atoms with Gasteiger partial charge >= 0.3 is 0 Å². The lowest BCUT2D eigenvalue weighted by Gasteiger charge is -1.85. The van der Waals surface area contributed by atoms with Gasteiger partial charge in [-0.15, -0.1) is 0 Å². The molecule has 0 aromatic carbocycles. The molecule has 1 aliphatic rings. The molecule has 39 valence electrons. The molecule has 0 saturated carbocycles. The second-order valence-corrected chi connectivity index (χ2v) is 1.72. The van der Waals surface area contributed by atoms with Gasteiger partial charge in [-0.2, -0.15) is 0 Å². The van der Waals surface area contributed by atoms with Crippen molar-refractivity contribution in [2.75, 3.05) is 6.67 Å². The molecule has 0 nitrogen and oxygen atoms in total. The Hall–Kier alpha value is -0.330. The second-order valence-electron chi connectivity index (χ2n) is 1.72. The summed E-state index contributed by atoms with van der Waals surface area (Å²) in [7, 11) is 0. The Balaban J connectivity index is 2.36. The first-order valence-corrected chi connectivity index (χ1v) is 2.49. The third kappa shape index (κ3) is 1.02. The molecule has 0 heterocycles. The molecular formula is C6H8F. The fourth-order valence-corrected chi connectivity index (χ4v) is 0.711. The zero-order chi connectivity index (χ0) is 5.11. The number of alkyl halides is 1. The summed E-state index contributed by atoms with van der Waals surface area (Å²) in [6.45, 7) is -0.253. The molecule has 1 rings (SSSR count). The van der Waals surface area contributed by atoms with Crippen LogP contribution in [0.2, 0.25) is 0 Å². The summed E-state index contributed by atoms with van der Waals surface area (Å²) in [5.74, 6) is 0. The predicted molar refractivity (Wildman–Crippen MR) is 27.6 cm³/mol. The first kappa shape index (κ1) is 4.82. The monoisotopic (exact) mass is 99.1 g/mol. The van der Waals surface area contributed by atoms with Crippen molar-refractivity contribution >= 4 is 0 Å². The Kier molecular flexibility index (Phi) is 1.45. The maximum Gasteiger partial charge on any atom is 0.111 e. The van der Waals surface area contributed by atoms with Crippen LogP contribution in [0.15, 0.2) is 11.6 Å². The summed E-state index contributed by atoms with van der Waals surface area (Å²) in [4.78, 5) is 0. The highest BCUT2D eigenvalue weighted by atomic mass is 19.1. The lowest BCUT2D eigenvalue weighted by Crippen LogP contribution is -1.76. The molecule has 0 N–H and O–H groups in total. The van der Waals surface area contributed by atoms with Gasteiger partial charge in [0.15, 0.2) is 0 Å². The molecule has 0 amide bonds. The standard InChI is InChI=1S/C6H8F/c7-5-6-3-1-2-4-6/h1,4H,2-3,5H2. The normalized spacial score (nSPS) is 19.9. The summed E-state index contributed by atoms with van der Waals surface area (Å²) >= 11 is 0. The van der Waals surface area contributed by atoms with E-state index in [-0.39, 0.29) is 6.67 Å². The Morgan fingerprint density at radius 3 is 2.86 bits per heavy atom. The summed E-state index contributed by atoms with van der Waals surface area (Å²) in [6, 6.07) is 0. The van der Waals surface area contributed by atoms with E-state index >= 15 is 0 Å². The van der Waals surface area contributed by atoms with Gasteiger partial charge < -0.3 is 0 Å². The first-order valence-electron chi connectivity index (χ1n) is 2.49. The summed E-state index contributed by atoms with van der Waals surface area (Å²) < 4.78 is 11.6. The first-order chi connectivity index (χ1) is 3.43. The van der Waals surface area contributed by atoms with Crippen LogP contribution in [-0.4, -0.2) is 6.67 Å². The van der Waals surface area contributed by atoms with Gasteiger partial charge in [0.2, 0.25) is 0 Å². The number of rotatable bonds is 1. The lowest BCUT2D eigenvalue weighted by atomic mass is 10.3. The fourth-order valence-electron chi connectivity index (χ4n) is 0.711. The minimum absolute atomic E-state index is 0.253. The van der Waals surface area contributed by atoms with Crippen molar-refractivity contribution in [2.24, 2.45) is 0 Å². The predicted octanol–water partition coefficient (Wildman–Crippen LogP) is 1.88. The lowest BCUT2D eigenvalue weighted by molar-refractivity contribution is 0.539. The second kappa shape index (κ2) is 2.10. The summed E-state index contributed by atoms with van der Waals surface area (Å²) in [5.41, 5.74) is 0.944. The van der Waals surface area contributed by atoms with E-state index in [0.29, 0.717) is 0 Å². The van der Waals surface area contributed by atoms with Crippen molar-refractivity contribution in [3.8, 4) is 0 Å². The van der Waals surface area contributed by atoms with Crippen molar-refractivity contribution in [2.45, 2.75) is 12.8 Å². The third-order valence-corrected chi connectivity index (χ3v) is 1.15. The van der Waals surface area contributed by atoms with E-state index in [1.165, 1.54) is 0 Å². The molecule has 7 heavy (non-hydrogen) atoms. The van der Waals surface area contributed by atoms with Crippen LogP contribution < -0.4 is 0 Å².